The Labute approximate surface area is 166 Å². The molecule has 27 heavy (non-hydrogen) atoms. The number of carbonyl (C=O) groups is 1. The molecule has 0 radical (unpaired) electrons. The minimum Gasteiger partial charge on any atom is -0.492 e. The van der Waals surface area contributed by atoms with Gasteiger partial charge in [-0.1, -0.05) is 35.9 Å². The van der Waals surface area contributed by atoms with E-state index < -0.39 is 0 Å². The minimum atomic E-state index is -0.184. The Balaban J connectivity index is 1.61. The monoisotopic (exact) mass is 387 g/mol. The first-order valence-corrected chi connectivity index (χ1v) is 10.1. The van der Waals surface area contributed by atoms with E-state index in [0.717, 1.165) is 30.9 Å². The number of ether oxygens (including phenoxy) is 1. The van der Waals surface area contributed by atoms with Crippen molar-refractivity contribution in [2.75, 3.05) is 19.7 Å². The van der Waals surface area contributed by atoms with E-state index in [1.165, 1.54) is 16.0 Å². The molecule has 5 heteroatoms. The van der Waals surface area contributed by atoms with Crippen LogP contribution < -0.4 is 15.0 Å². The van der Waals surface area contributed by atoms with Crippen LogP contribution in [0.15, 0.2) is 42.5 Å². The van der Waals surface area contributed by atoms with E-state index in [1.54, 1.807) is 0 Å². The van der Waals surface area contributed by atoms with E-state index in [0.29, 0.717) is 24.6 Å². The molecular formula is C22H28ClN2O2+. The summed E-state index contributed by atoms with van der Waals surface area (Å²) in [6.07, 6.45) is 0.660. The molecular weight excluding hydrogens is 360 g/mol. The summed E-state index contributed by atoms with van der Waals surface area (Å²) in [5, 5.41) is 3.78. The van der Waals surface area contributed by atoms with E-state index in [4.69, 9.17) is 16.3 Å². The average molecular weight is 388 g/mol. The van der Waals surface area contributed by atoms with Crippen LogP contribution in [0.3, 0.4) is 0 Å². The molecule has 0 unspecified atom stereocenters. The molecule has 2 N–H and O–H groups in total. The van der Waals surface area contributed by atoms with E-state index >= 15 is 0 Å². The topological polar surface area (TPSA) is 42.8 Å². The van der Waals surface area contributed by atoms with Gasteiger partial charge in [-0.2, -0.15) is 0 Å². The summed E-state index contributed by atoms with van der Waals surface area (Å²) in [6.45, 7) is 8.54. The Morgan fingerprint density at radius 2 is 1.93 bits per heavy atom. The Morgan fingerprint density at radius 3 is 2.67 bits per heavy atom. The van der Waals surface area contributed by atoms with Gasteiger partial charge in [0.05, 0.1) is 19.0 Å². The Kier molecular flexibility index (Phi) is 6.75. The molecule has 1 atom stereocenters. The number of rotatable bonds is 7. The van der Waals surface area contributed by atoms with Gasteiger partial charge in [-0.05, 0) is 49.6 Å². The highest BCUT2D eigenvalue weighted by molar-refractivity contribution is 6.30. The maximum atomic E-state index is 12.7. The second-order valence-electron chi connectivity index (χ2n) is 7.08. The maximum absolute atomic E-state index is 12.7. The van der Waals surface area contributed by atoms with Gasteiger partial charge in [0.1, 0.15) is 18.9 Å². The molecule has 1 heterocycles. The van der Waals surface area contributed by atoms with Gasteiger partial charge in [0, 0.05) is 17.1 Å². The van der Waals surface area contributed by atoms with E-state index in [1.807, 2.05) is 24.3 Å². The van der Waals surface area contributed by atoms with Gasteiger partial charge >= 0.3 is 0 Å². The molecule has 2 aromatic rings. The lowest BCUT2D eigenvalue weighted by Crippen LogP contribution is -3.10. The molecule has 2 aromatic carbocycles. The number of carbonyl (C=O) groups excluding carboxylic acids is 1. The van der Waals surface area contributed by atoms with Crippen molar-refractivity contribution >= 4 is 17.5 Å². The molecule has 0 aliphatic carbocycles. The number of amides is 1. The highest BCUT2D eigenvalue weighted by atomic mass is 35.5. The van der Waals surface area contributed by atoms with Crippen molar-refractivity contribution in [1.82, 2.24) is 5.32 Å². The summed E-state index contributed by atoms with van der Waals surface area (Å²) in [5.74, 6) is 0.679. The van der Waals surface area contributed by atoms with Gasteiger partial charge in [-0.3, -0.25) is 4.79 Å². The van der Waals surface area contributed by atoms with E-state index in [-0.39, 0.29) is 11.8 Å². The third-order valence-corrected chi connectivity index (χ3v) is 5.55. The first kappa shape index (κ1) is 19.7. The SMILES string of the molecule is CC[NH+](CC)Cc1ccccc1CNC(=O)[C@H]1COc2ccc(Cl)cc2C1. The van der Waals surface area contributed by atoms with Crippen LogP contribution in [0.1, 0.15) is 30.5 Å². The second kappa shape index (κ2) is 9.25. The summed E-state index contributed by atoms with van der Waals surface area (Å²) in [6, 6.07) is 13.9. The van der Waals surface area contributed by atoms with Crippen LogP contribution in [0.25, 0.3) is 0 Å². The summed E-state index contributed by atoms with van der Waals surface area (Å²) in [5.41, 5.74) is 3.48. The molecule has 4 nitrogen and oxygen atoms in total. The number of hydrogen-bond acceptors (Lipinski definition) is 2. The first-order valence-electron chi connectivity index (χ1n) is 9.70. The van der Waals surface area contributed by atoms with Crippen molar-refractivity contribution in [1.29, 1.82) is 0 Å². The molecule has 0 saturated heterocycles. The molecule has 0 spiro atoms. The highest BCUT2D eigenvalue weighted by Gasteiger charge is 2.26. The fraction of sp³-hybridized carbons (Fsp3) is 0.409. The van der Waals surface area contributed by atoms with Crippen LogP contribution in [-0.4, -0.2) is 25.6 Å². The van der Waals surface area contributed by atoms with Crippen molar-refractivity contribution in [2.45, 2.75) is 33.4 Å². The third-order valence-electron chi connectivity index (χ3n) is 5.31. The normalized spacial score (nSPS) is 15.9. The highest BCUT2D eigenvalue weighted by Crippen LogP contribution is 2.29. The van der Waals surface area contributed by atoms with Crippen molar-refractivity contribution in [2.24, 2.45) is 5.92 Å². The molecule has 1 aliphatic rings. The Bertz CT molecular complexity index is 790. The number of nitrogens with one attached hydrogen (secondary N) is 2. The summed E-state index contributed by atoms with van der Waals surface area (Å²) in [4.78, 5) is 14.2. The quantitative estimate of drug-likeness (QED) is 0.767. The fourth-order valence-corrected chi connectivity index (χ4v) is 3.72. The van der Waals surface area contributed by atoms with Crippen LogP contribution in [-0.2, 0) is 24.3 Å². The molecule has 3 rings (SSSR count). The maximum Gasteiger partial charge on any atom is 0.227 e. The van der Waals surface area contributed by atoms with Crippen LogP contribution in [0, 0.1) is 5.92 Å². The number of hydrogen-bond donors (Lipinski definition) is 2. The van der Waals surface area contributed by atoms with Crippen molar-refractivity contribution in [3.8, 4) is 5.75 Å². The average Bonchev–Trinajstić information content (AvgIpc) is 2.70. The van der Waals surface area contributed by atoms with Crippen LogP contribution >= 0.6 is 11.6 Å². The van der Waals surface area contributed by atoms with Crippen molar-refractivity contribution < 1.29 is 14.4 Å². The lowest BCUT2D eigenvalue weighted by atomic mass is 9.96. The largest absolute Gasteiger partial charge is 0.492 e. The van der Waals surface area contributed by atoms with Gasteiger partial charge in [-0.15, -0.1) is 0 Å². The van der Waals surface area contributed by atoms with Crippen molar-refractivity contribution in [3.63, 3.8) is 0 Å². The lowest BCUT2D eigenvalue weighted by molar-refractivity contribution is -0.910. The smallest absolute Gasteiger partial charge is 0.227 e. The molecule has 0 bridgehead atoms. The molecule has 144 valence electrons. The zero-order valence-corrected chi connectivity index (χ0v) is 16.8. The molecule has 0 aromatic heterocycles. The molecule has 1 amide bonds. The Morgan fingerprint density at radius 1 is 1.19 bits per heavy atom. The number of halogens is 1. The zero-order chi connectivity index (χ0) is 19.2. The van der Waals surface area contributed by atoms with Gasteiger partial charge < -0.3 is 15.0 Å². The molecule has 0 fully saturated rings. The zero-order valence-electron chi connectivity index (χ0n) is 16.1. The number of benzene rings is 2. The van der Waals surface area contributed by atoms with Crippen LogP contribution in [0.5, 0.6) is 5.75 Å². The van der Waals surface area contributed by atoms with E-state index in [9.17, 15) is 4.79 Å². The summed E-state index contributed by atoms with van der Waals surface area (Å²) >= 11 is 6.07. The third kappa shape index (κ3) is 5.02. The van der Waals surface area contributed by atoms with E-state index in [2.05, 4.69) is 37.4 Å². The van der Waals surface area contributed by atoms with Gasteiger partial charge in [0.2, 0.25) is 5.91 Å². The van der Waals surface area contributed by atoms with Gasteiger partial charge in [0.25, 0.3) is 0 Å². The predicted octanol–water partition coefficient (Wildman–Crippen LogP) is 2.63. The lowest BCUT2D eigenvalue weighted by Gasteiger charge is -2.25. The number of quaternary nitrogens is 1. The fourth-order valence-electron chi connectivity index (χ4n) is 3.53. The van der Waals surface area contributed by atoms with Crippen LogP contribution in [0.2, 0.25) is 5.02 Å². The van der Waals surface area contributed by atoms with Crippen molar-refractivity contribution in [3.05, 3.63) is 64.2 Å². The standard InChI is InChI=1S/C22H27ClN2O2/c1-3-25(4-2)14-17-8-6-5-7-16(17)13-24-22(26)19-11-18-12-20(23)9-10-21(18)27-15-19/h5-10,12,19H,3-4,11,13-15H2,1-2H3,(H,24,26)/p+1/t19-/m1/s1. The predicted molar refractivity (Wildman–Crippen MR) is 108 cm³/mol. The van der Waals surface area contributed by atoms with Gasteiger partial charge in [0.15, 0.2) is 0 Å². The second-order valence-corrected chi connectivity index (χ2v) is 7.52. The first-order chi connectivity index (χ1) is 13.1. The summed E-state index contributed by atoms with van der Waals surface area (Å²) < 4.78 is 5.75. The summed E-state index contributed by atoms with van der Waals surface area (Å²) in [7, 11) is 0. The molecule has 0 saturated carbocycles. The number of fused-ring (bicyclic) bond motifs is 1. The Hall–Kier alpha value is -2.04. The van der Waals surface area contributed by atoms with Crippen LogP contribution in [0.4, 0.5) is 0 Å². The molecule has 1 aliphatic heterocycles. The minimum absolute atomic E-state index is 0.0330. The van der Waals surface area contributed by atoms with Gasteiger partial charge in [-0.25, -0.2) is 0 Å².